The van der Waals surface area contributed by atoms with Gasteiger partial charge >= 0.3 is 0 Å². The van der Waals surface area contributed by atoms with Crippen LogP contribution in [0.15, 0.2) is 48.8 Å². The zero-order valence-corrected chi connectivity index (χ0v) is 12.5. The molecule has 0 radical (unpaired) electrons. The van der Waals surface area contributed by atoms with Crippen molar-refractivity contribution in [3.63, 3.8) is 0 Å². The van der Waals surface area contributed by atoms with Crippen molar-refractivity contribution in [1.29, 1.82) is 0 Å². The molecule has 5 nitrogen and oxygen atoms in total. The number of carbonyl (C=O) groups excluding carboxylic acids is 2. The lowest BCUT2D eigenvalue weighted by atomic mass is 10.2. The maximum atomic E-state index is 12.4. The molecule has 1 aromatic heterocycles. The van der Waals surface area contributed by atoms with Crippen LogP contribution in [0.2, 0.25) is 5.02 Å². The van der Waals surface area contributed by atoms with Crippen LogP contribution in [0.3, 0.4) is 0 Å². The topological polar surface area (TPSA) is 62.3 Å². The molecule has 0 saturated carbocycles. The van der Waals surface area contributed by atoms with Crippen molar-refractivity contribution in [3.05, 3.63) is 59.4 Å². The third-order valence-electron chi connectivity index (χ3n) is 3.51. The molecule has 0 bridgehead atoms. The highest BCUT2D eigenvalue weighted by Crippen LogP contribution is 2.24. The molecule has 112 valence electrons. The summed E-state index contributed by atoms with van der Waals surface area (Å²) in [6, 6.07) is 9.89. The quantitative estimate of drug-likeness (QED) is 0.878. The minimum absolute atomic E-state index is 0.154. The predicted octanol–water partition coefficient (Wildman–Crippen LogP) is 2.16. The summed E-state index contributed by atoms with van der Waals surface area (Å²) in [5.41, 5.74) is 1.51. The summed E-state index contributed by atoms with van der Waals surface area (Å²) in [7, 11) is 0. The van der Waals surface area contributed by atoms with E-state index in [-0.39, 0.29) is 18.2 Å². The smallest absolute Gasteiger partial charge is 0.251 e. The van der Waals surface area contributed by atoms with Crippen molar-refractivity contribution in [3.8, 4) is 0 Å². The van der Waals surface area contributed by atoms with Gasteiger partial charge in [-0.2, -0.15) is 0 Å². The van der Waals surface area contributed by atoms with Crippen LogP contribution in [0.25, 0.3) is 0 Å². The molecule has 6 heteroatoms. The van der Waals surface area contributed by atoms with Crippen molar-refractivity contribution in [2.75, 3.05) is 4.90 Å². The number of pyridine rings is 1. The van der Waals surface area contributed by atoms with Crippen LogP contribution in [0.4, 0.5) is 5.69 Å². The molecule has 1 aromatic carbocycles. The fourth-order valence-electron chi connectivity index (χ4n) is 2.40. The molecule has 1 saturated heterocycles. The molecule has 0 unspecified atom stereocenters. The number of aromatic nitrogens is 1. The monoisotopic (exact) mass is 315 g/mol. The number of anilines is 1. The van der Waals surface area contributed by atoms with Gasteiger partial charge in [0.1, 0.15) is 0 Å². The number of imide groups is 1. The Morgan fingerprint density at radius 1 is 1.23 bits per heavy atom. The molecule has 1 atom stereocenters. The van der Waals surface area contributed by atoms with Gasteiger partial charge in [0.25, 0.3) is 5.91 Å². The predicted molar refractivity (Wildman–Crippen MR) is 83.4 cm³/mol. The summed E-state index contributed by atoms with van der Waals surface area (Å²) in [5, 5.41) is 3.68. The highest BCUT2D eigenvalue weighted by Gasteiger charge is 2.39. The molecule has 1 N–H and O–H groups in total. The largest absolute Gasteiger partial charge is 0.301 e. The van der Waals surface area contributed by atoms with Gasteiger partial charge in [0.05, 0.1) is 18.2 Å². The number of hydrogen-bond acceptors (Lipinski definition) is 4. The standard InChI is InChI=1S/C16H14ClN3O2/c17-12-3-5-13(6-4-12)20-15(21)8-14(16(20)22)19-10-11-2-1-7-18-9-11/h1-7,9,14,19H,8,10H2/t14-/m1/s1. The number of benzene rings is 1. The molecule has 2 amide bonds. The van der Waals surface area contributed by atoms with Gasteiger partial charge in [0.2, 0.25) is 5.91 Å². The van der Waals surface area contributed by atoms with Crippen LogP contribution < -0.4 is 10.2 Å². The first-order valence-corrected chi connectivity index (χ1v) is 7.27. The van der Waals surface area contributed by atoms with Crippen molar-refractivity contribution < 1.29 is 9.59 Å². The van der Waals surface area contributed by atoms with Crippen LogP contribution in [0, 0.1) is 0 Å². The number of amides is 2. The van der Waals surface area contributed by atoms with Gasteiger partial charge in [-0.3, -0.25) is 14.6 Å². The van der Waals surface area contributed by atoms with Gasteiger partial charge in [0.15, 0.2) is 0 Å². The van der Waals surface area contributed by atoms with Crippen molar-refractivity contribution in [2.24, 2.45) is 0 Å². The Labute approximate surface area is 132 Å². The number of halogens is 1. The summed E-state index contributed by atoms with van der Waals surface area (Å²) in [5.74, 6) is -0.452. The fraction of sp³-hybridized carbons (Fsp3) is 0.188. The first-order chi connectivity index (χ1) is 10.6. The number of nitrogens with zero attached hydrogens (tertiary/aromatic N) is 2. The molecule has 2 aromatic rings. The SMILES string of the molecule is O=C1C[C@@H](NCc2cccnc2)C(=O)N1c1ccc(Cl)cc1. The number of rotatable bonds is 4. The number of hydrogen-bond donors (Lipinski definition) is 1. The summed E-state index contributed by atoms with van der Waals surface area (Å²) in [6.45, 7) is 0.492. The van der Waals surface area contributed by atoms with Crippen LogP contribution in [-0.4, -0.2) is 22.8 Å². The Kier molecular flexibility index (Phi) is 4.18. The third kappa shape index (κ3) is 3.00. The second-order valence-electron chi connectivity index (χ2n) is 5.04. The lowest BCUT2D eigenvalue weighted by Crippen LogP contribution is -2.38. The van der Waals surface area contributed by atoms with E-state index in [4.69, 9.17) is 11.6 Å². The van der Waals surface area contributed by atoms with E-state index in [2.05, 4.69) is 10.3 Å². The van der Waals surface area contributed by atoms with E-state index in [0.29, 0.717) is 17.3 Å². The Morgan fingerprint density at radius 3 is 2.68 bits per heavy atom. The number of carbonyl (C=O) groups is 2. The Bertz CT molecular complexity index is 688. The molecule has 1 aliphatic rings. The maximum Gasteiger partial charge on any atom is 0.251 e. The molecule has 0 aliphatic carbocycles. The Hall–Kier alpha value is -2.24. The summed E-state index contributed by atoms with van der Waals surface area (Å²) >= 11 is 5.83. The van der Waals surface area contributed by atoms with Gasteiger partial charge < -0.3 is 5.32 Å². The van der Waals surface area contributed by atoms with E-state index < -0.39 is 6.04 Å². The van der Waals surface area contributed by atoms with Gasteiger partial charge in [-0.1, -0.05) is 17.7 Å². The zero-order chi connectivity index (χ0) is 15.5. The van der Waals surface area contributed by atoms with Crippen LogP contribution in [0.5, 0.6) is 0 Å². The van der Waals surface area contributed by atoms with E-state index in [1.165, 1.54) is 4.90 Å². The average Bonchev–Trinajstić information content (AvgIpc) is 2.82. The minimum atomic E-state index is -0.511. The lowest BCUT2D eigenvalue weighted by molar-refractivity contribution is -0.121. The second kappa shape index (κ2) is 6.25. The van der Waals surface area contributed by atoms with Crippen LogP contribution in [0.1, 0.15) is 12.0 Å². The van der Waals surface area contributed by atoms with Gasteiger partial charge in [-0.25, -0.2) is 4.90 Å². The first kappa shape index (κ1) is 14.7. The fourth-order valence-corrected chi connectivity index (χ4v) is 2.52. The van der Waals surface area contributed by atoms with E-state index in [1.54, 1.807) is 36.7 Å². The Balaban J connectivity index is 1.70. The summed E-state index contributed by atoms with van der Waals surface area (Å²) < 4.78 is 0. The first-order valence-electron chi connectivity index (χ1n) is 6.90. The van der Waals surface area contributed by atoms with E-state index >= 15 is 0 Å². The molecule has 1 fully saturated rings. The van der Waals surface area contributed by atoms with E-state index in [9.17, 15) is 9.59 Å². The maximum absolute atomic E-state index is 12.4. The highest BCUT2D eigenvalue weighted by molar-refractivity contribution is 6.30. The number of nitrogens with one attached hydrogen (secondary N) is 1. The highest BCUT2D eigenvalue weighted by atomic mass is 35.5. The van der Waals surface area contributed by atoms with Crippen molar-refractivity contribution in [2.45, 2.75) is 19.0 Å². The van der Waals surface area contributed by atoms with Gasteiger partial charge in [-0.15, -0.1) is 0 Å². The molecule has 1 aliphatic heterocycles. The second-order valence-corrected chi connectivity index (χ2v) is 5.48. The molecule has 2 heterocycles. The van der Waals surface area contributed by atoms with Crippen LogP contribution >= 0.6 is 11.6 Å². The van der Waals surface area contributed by atoms with Crippen LogP contribution in [-0.2, 0) is 16.1 Å². The third-order valence-corrected chi connectivity index (χ3v) is 3.76. The molecular formula is C16H14ClN3O2. The summed E-state index contributed by atoms with van der Waals surface area (Å²) in [6.07, 6.45) is 3.57. The van der Waals surface area contributed by atoms with E-state index in [0.717, 1.165) is 5.56 Å². The van der Waals surface area contributed by atoms with Gasteiger partial charge in [-0.05, 0) is 35.9 Å². The molecule has 22 heavy (non-hydrogen) atoms. The normalized spacial score (nSPS) is 18.0. The van der Waals surface area contributed by atoms with Gasteiger partial charge in [0, 0.05) is 24.0 Å². The van der Waals surface area contributed by atoms with Crippen molar-refractivity contribution >= 4 is 29.1 Å². The molecular weight excluding hydrogens is 302 g/mol. The average molecular weight is 316 g/mol. The zero-order valence-electron chi connectivity index (χ0n) is 11.7. The molecule has 3 rings (SSSR count). The van der Waals surface area contributed by atoms with E-state index in [1.807, 2.05) is 12.1 Å². The minimum Gasteiger partial charge on any atom is -0.301 e. The Morgan fingerprint density at radius 2 is 2.00 bits per heavy atom. The lowest BCUT2D eigenvalue weighted by Gasteiger charge is -2.15. The summed E-state index contributed by atoms with van der Waals surface area (Å²) in [4.78, 5) is 29.8. The van der Waals surface area contributed by atoms with Crippen molar-refractivity contribution in [1.82, 2.24) is 10.3 Å². The molecule has 0 spiro atoms.